The first-order chi connectivity index (χ1) is 8.09. The standard InChI is InChI=1S/C13H20N4/c1-9-5-7-17(10(2)8-9)13-11(12(14)15)4-3-6-16-13/h3-4,6,9-10H,5,7-8H2,1-2H3,(H3,14,15). The third-order valence-electron chi connectivity index (χ3n) is 3.49. The molecule has 4 heteroatoms. The molecule has 17 heavy (non-hydrogen) atoms. The normalized spacial score (nSPS) is 24.7. The molecule has 0 radical (unpaired) electrons. The number of nitrogens with two attached hydrogens (primary N) is 1. The van der Waals surface area contributed by atoms with Crippen LogP contribution in [0.2, 0.25) is 0 Å². The second-order valence-electron chi connectivity index (χ2n) is 4.96. The van der Waals surface area contributed by atoms with Crippen LogP contribution in [-0.4, -0.2) is 23.4 Å². The molecule has 4 nitrogen and oxygen atoms in total. The van der Waals surface area contributed by atoms with Crippen LogP contribution in [0.3, 0.4) is 0 Å². The second-order valence-corrected chi connectivity index (χ2v) is 4.96. The summed E-state index contributed by atoms with van der Waals surface area (Å²) in [6, 6.07) is 4.17. The van der Waals surface area contributed by atoms with Crippen molar-refractivity contribution in [2.75, 3.05) is 11.4 Å². The van der Waals surface area contributed by atoms with Gasteiger partial charge in [0.1, 0.15) is 11.7 Å². The number of hydrogen-bond acceptors (Lipinski definition) is 3. The van der Waals surface area contributed by atoms with E-state index in [1.807, 2.05) is 12.1 Å². The highest BCUT2D eigenvalue weighted by atomic mass is 15.2. The fraction of sp³-hybridized carbons (Fsp3) is 0.538. The molecular formula is C13H20N4. The summed E-state index contributed by atoms with van der Waals surface area (Å²) in [4.78, 5) is 6.68. The highest BCUT2D eigenvalue weighted by Crippen LogP contribution is 2.28. The molecule has 2 rings (SSSR count). The summed E-state index contributed by atoms with van der Waals surface area (Å²) in [5.41, 5.74) is 6.35. The number of nitrogens with one attached hydrogen (secondary N) is 1. The van der Waals surface area contributed by atoms with Gasteiger partial charge in [-0.25, -0.2) is 4.98 Å². The molecule has 1 aliphatic heterocycles. The Hall–Kier alpha value is -1.58. The van der Waals surface area contributed by atoms with Crippen molar-refractivity contribution >= 4 is 11.7 Å². The highest BCUT2D eigenvalue weighted by Gasteiger charge is 2.25. The van der Waals surface area contributed by atoms with Crippen LogP contribution in [0.15, 0.2) is 18.3 Å². The van der Waals surface area contributed by atoms with Crippen molar-refractivity contribution < 1.29 is 0 Å². The van der Waals surface area contributed by atoms with Crippen LogP contribution in [0.4, 0.5) is 5.82 Å². The van der Waals surface area contributed by atoms with Gasteiger partial charge in [-0.3, -0.25) is 5.41 Å². The van der Waals surface area contributed by atoms with Crippen molar-refractivity contribution in [3.63, 3.8) is 0 Å². The molecule has 0 aromatic carbocycles. The number of amidine groups is 1. The third-order valence-corrected chi connectivity index (χ3v) is 3.49. The molecule has 1 aromatic rings. The minimum atomic E-state index is 0.0962. The Bertz CT molecular complexity index is 416. The molecule has 2 atom stereocenters. The van der Waals surface area contributed by atoms with Crippen molar-refractivity contribution in [3.05, 3.63) is 23.9 Å². The second kappa shape index (κ2) is 4.73. The SMILES string of the molecule is CC1CCN(c2ncccc2C(=N)N)C(C)C1. The largest absolute Gasteiger partial charge is 0.384 e. The summed E-state index contributed by atoms with van der Waals surface area (Å²) in [6.07, 6.45) is 4.12. The lowest BCUT2D eigenvalue weighted by atomic mass is 9.93. The summed E-state index contributed by atoms with van der Waals surface area (Å²) >= 11 is 0. The van der Waals surface area contributed by atoms with Crippen molar-refractivity contribution in [2.45, 2.75) is 32.7 Å². The van der Waals surface area contributed by atoms with Crippen molar-refractivity contribution in [1.29, 1.82) is 5.41 Å². The fourth-order valence-corrected chi connectivity index (χ4v) is 2.56. The first-order valence-electron chi connectivity index (χ1n) is 6.15. The molecule has 0 saturated carbocycles. The lowest BCUT2D eigenvalue weighted by Crippen LogP contribution is -2.41. The number of nitrogen functional groups attached to an aromatic ring is 1. The first kappa shape index (κ1) is 11.9. The topological polar surface area (TPSA) is 66.0 Å². The van der Waals surface area contributed by atoms with Gasteiger partial charge < -0.3 is 10.6 Å². The van der Waals surface area contributed by atoms with Gasteiger partial charge in [0.25, 0.3) is 0 Å². The van der Waals surface area contributed by atoms with E-state index in [9.17, 15) is 0 Å². The van der Waals surface area contributed by atoms with Crippen LogP contribution in [0.25, 0.3) is 0 Å². The molecule has 0 amide bonds. The van der Waals surface area contributed by atoms with Crippen LogP contribution in [0.5, 0.6) is 0 Å². The van der Waals surface area contributed by atoms with Gasteiger partial charge >= 0.3 is 0 Å². The maximum atomic E-state index is 7.61. The predicted molar refractivity (Wildman–Crippen MR) is 70.5 cm³/mol. The zero-order valence-electron chi connectivity index (χ0n) is 10.5. The Kier molecular flexibility index (Phi) is 3.31. The smallest absolute Gasteiger partial charge is 0.139 e. The number of pyridine rings is 1. The van der Waals surface area contributed by atoms with Crippen molar-refractivity contribution in [1.82, 2.24) is 4.98 Å². The summed E-state index contributed by atoms with van der Waals surface area (Å²) in [5.74, 6) is 1.73. The molecule has 0 spiro atoms. The zero-order valence-corrected chi connectivity index (χ0v) is 10.5. The molecular weight excluding hydrogens is 212 g/mol. The minimum absolute atomic E-state index is 0.0962. The number of rotatable bonds is 2. The Labute approximate surface area is 102 Å². The predicted octanol–water partition coefficient (Wildman–Crippen LogP) is 1.99. The van der Waals surface area contributed by atoms with E-state index < -0.39 is 0 Å². The molecule has 0 bridgehead atoms. The molecule has 2 unspecified atom stereocenters. The van der Waals surface area contributed by atoms with Gasteiger partial charge in [-0.05, 0) is 37.8 Å². The number of aromatic nitrogens is 1. The third kappa shape index (κ3) is 2.40. The van der Waals surface area contributed by atoms with Crippen LogP contribution < -0.4 is 10.6 Å². The van der Waals surface area contributed by atoms with E-state index in [4.69, 9.17) is 11.1 Å². The van der Waals surface area contributed by atoms with E-state index in [1.54, 1.807) is 6.20 Å². The Morgan fingerprint density at radius 1 is 1.53 bits per heavy atom. The first-order valence-corrected chi connectivity index (χ1v) is 6.15. The molecule has 1 aromatic heterocycles. The molecule has 1 fully saturated rings. The van der Waals surface area contributed by atoms with Gasteiger partial charge in [0.2, 0.25) is 0 Å². The summed E-state index contributed by atoms with van der Waals surface area (Å²) < 4.78 is 0. The molecule has 2 heterocycles. The van der Waals surface area contributed by atoms with E-state index in [0.717, 1.165) is 23.8 Å². The zero-order chi connectivity index (χ0) is 12.4. The summed E-state index contributed by atoms with van der Waals surface area (Å²) in [6.45, 7) is 5.51. The Balaban J connectivity index is 2.30. The van der Waals surface area contributed by atoms with E-state index in [0.29, 0.717) is 6.04 Å². The van der Waals surface area contributed by atoms with Gasteiger partial charge in [-0.1, -0.05) is 6.92 Å². The lowest BCUT2D eigenvalue weighted by molar-refractivity contribution is 0.376. The molecule has 3 N–H and O–H groups in total. The number of hydrogen-bond donors (Lipinski definition) is 2. The molecule has 92 valence electrons. The van der Waals surface area contributed by atoms with E-state index >= 15 is 0 Å². The van der Waals surface area contributed by atoms with Gasteiger partial charge in [0.05, 0.1) is 5.56 Å². The number of anilines is 1. The Morgan fingerprint density at radius 2 is 2.29 bits per heavy atom. The molecule has 0 aliphatic carbocycles. The maximum absolute atomic E-state index is 7.61. The van der Waals surface area contributed by atoms with Crippen LogP contribution in [0.1, 0.15) is 32.3 Å². The molecule has 1 saturated heterocycles. The fourth-order valence-electron chi connectivity index (χ4n) is 2.56. The van der Waals surface area contributed by atoms with E-state index in [-0.39, 0.29) is 5.84 Å². The van der Waals surface area contributed by atoms with Gasteiger partial charge in [0, 0.05) is 18.8 Å². The van der Waals surface area contributed by atoms with Gasteiger partial charge in [0.15, 0.2) is 0 Å². The van der Waals surface area contributed by atoms with Crippen LogP contribution in [-0.2, 0) is 0 Å². The number of piperidine rings is 1. The maximum Gasteiger partial charge on any atom is 0.139 e. The summed E-state index contributed by atoms with van der Waals surface area (Å²) in [5, 5.41) is 7.61. The minimum Gasteiger partial charge on any atom is -0.384 e. The highest BCUT2D eigenvalue weighted by molar-refractivity contribution is 5.99. The van der Waals surface area contributed by atoms with E-state index in [2.05, 4.69) is 23.7 Å². The lowest BCUT2D eigenvalue weighted by Gasteiger charge is -2.38. The van der Waals surface area contributed by atoms with Gasteiger partial charge in [-0.2, -0.15) is 0 Å². The summed E-state index contributed by atoms with van der Waals surface area (Å²) in [7, 11) is 0. The van der Waals surface area contributed by atoms with Crippen LogP contribution in [0, 0.1) is 11.3 Å². The monoisotopic (exact) mass is 232 g/mol. The Morgan fingerprint density at radius 3 is 2.94 bits per heavy atom. The van der Waals surface area contributed by atoms with Crippen molar-refractivity contribution in [3.8, 4) is 0 Å². The average Bonchev–Trinajstić information content (AvgIpc) is 2.29. The van der Waals surface area contributed by atoms with E-state index in [1.165, 1.54) is 12.8 Å². The average molecular weight is 232 g/mol. The number of nitrogens with zero attached hydrogens (tertiary/aromatic N) is 2. The molecule has 1 aliphatic rings. The van der Waals surface area contributed by atoms with Crippen molar-refractivity contribution in [2.24, 2.45) is 11.7 Å². The van der Waals surface area contributed by atoms with Crippen LogP contribution >= 0.6 is 0 Å². The van der Waals surface area contributed by atoms with Gasteiger partial charge in [-0.15, -0.1) is 0 Å². The quantitative estimate of drug-likeness (QED) is 0.605.